The summed E-state index contributed by atoms with van der Waals surface area (Å²) in [4.78, 5) is 13.9. The van der Waals surface area contributed by atoms with Gasteiger partial charge in [-0.25, -0.2) is 0 Å². The van der Waals surface area contributed by atoms with Crippen molar-refractivity contribution in [2.24, 2.45) is 18.7 Å². The van der Waals surface area contributed by atoms with Crippen LogP contribution in [0.3, 0.4) is 0 Å². The summed E-state index contributed by atoms with van der Waals surface area (Å²) in [6.07, 6.45) is 1.77. The fraction of sp³-hybridized carbons (Fsp3) is 0.692. The van der Waals surface area contributed by atoms with E-state index in [4.69, 9.17) is 5.73 Å². The minimum absolute atomic E-state index is 0.136. The highest BCUT2D eigenvalue weighted by Gasteiger charge is 2.27. The number of aromatic nitrogens is 2. The third-order valence-corrected chi connectivity index (χ3v) is 3.93. The van der Waals surface area contributed by atoms with Crippen LogP contribution < -0.4 is 16.0 Å². The summed E-state index contributed by atoms with van der Waals surface area (Å²) in [6, 6.07) is 0. The third kappa shape index (κ3) is 2.58. The molecule has 3 N–H and O–H groups in total. The molecule has 1 aromatic heterocycles. The highest BCUT2D eigenvalue weighted by atomic mass is 16.1. The molecule has 2 rings (SSSR count). The van der Waals surface area contributed by atoms with Gasteiger partial charge in [0.25, 0.3) is 0 Å². The molecule has 1 fully saturated rings. The SMILES string of the molecule is CNC(=O)C1CCN(c2c(CN)c(C)nn2C)CC1. The van der Waals surface area contributed by atoms with Gasteiger partial charge in [0.05, 0.1) is 5.69 Å². The van der Waals surface area contributed by atoms with Gasteiger partial charge in [0, 0.05) is 45.2 Å². The molecular formula is C13H23N5O. The summed E-state index contributed by atoms with van der Waals surface area (Å²) in [5, 5.41) is 7.18. The van der Waals surface area contributed by atoms with Crippen LogP contribution in [-0.4, -0.2) is 35.8 Å². The normalized spacial score (nSPS) is 16.7. The molecule has 1 amide bonds. The Morgan fingerprint density at radius 2 is 2.11 bits per heavy atom. The van der Waals surface area contributed by atoms with Gasteiger partial charge >= 0.3 is 0 Å². The Labute approximate surface area is 113 Å². The lowest BCUT2D eigenvalue weighted by atomic mass is 9.96. The predicted octanol–water partition coefficient (Wildman–Crippen LogP) is 0.150. The zero-order chi connectivity index (χ0) is 14.0. The van der Waals surface area contributed by atoms with E-state index in [2.05, 4.69) is 15.3 Å². The number of nitrogens with one attached hydrogen (secondary N) is 1. The van der Waals surface area contributed by atoms with Crippen LogP contribution in [0.25, 0.3) is 0 Å². The molecule has 0 unspecified atom stereocenters. The second-order valence-electron chi connectivity index (χ2n) is 5.09. The van der Waals surface area contributed by atoms with Crippen molar-refractivity contribution in [2.45, 2.75) is 26.3 Å². The molecule has 0 spiro atoms. The summed E-state index contributed by atoms with van der Waals surface area (Å²) in [7, 11) is 3.65. The van der Waals surface area contributed by atoms with Crippen molar-refractivity contribution in [3.63, 3.8) is 0 Å². The third-order valence-electron chi connectivity index (χ3n) is 3.93. The first-order valence-corrected chi connectivity index (χ1v) is 6.77. The molecule has 1 aliphatic heterocycles. The summed E-state index contributed by atoms with van der Waals surface area (Å²) in [6.45, 7) is 4.25. The van der Waals surface area contributed by atoms with Crippen LogP contribution in [0.1, 0.15) is 24.1 Å². The molecule has 0 aromatic carbocycles. The molecule has 1 aromatic rings. The van der Waals surface area contributed by atoms with Crippen LogP contribution in [-0.2, 0) is 18.4 Å². The summed E-state index contributed by atoms with van der Waals surface area (Å²) >= 11 is 0. The van der Waals surface area contributed by atoms with E-state index in [0.717, 1.165) is 43.0 Å². The lowest BCUT2D eigenvalue weighted by Gasteiger charge is -2.33. The van der Waals surface area contributed by atoms with Gasteiger partial charge in [0.2, 0.25) is 5.91 Å². The summed E-state index contributed by atoms with van der Waals surface area (Å²) in [5.74, 6) is 1.40. The molecule has 19 heavy (non-hydrogen) atoms. The minimum Gasteiger partial charge on any atom is -0.359 e. The first-order valence-electron chi connectivity index (χ1n) is 6.77. The van der Waals surface area contributed by atoms with Crippen LogP contribution in [0.5, 0.6) is 0 Å². The maximum absolute atomic E-state index is 11.6. The van der Waals surface area contributed by atoms with Crippen molar-refractivity contribution in [3.05, 3.63) is 11.3 Å². The standard InChI is InChI=1S/C13H23N5O/c1-9-11(8-14)13(17(3)16-9)18-6-4-10(5-7-18)12(19)15-2/h10H,4-8,14H2,1-3H3,(H,15,19). The van der Waals surface area contributed by atoms with Gasteiger partial charge in [-0.2, -0.15) is 5.10 Å². The van der Waals surface area contributed by atoms with E-state index in [1.54, 1.807) is 7.05 Å². The quantitative estimate of drug-likeness (QED) is 0.815. The van der Waals surface area contributed by atoms with Gasteiger partial charge in [-0.05, 0) is 19.8 Å². The lowest BCUT2D eigenvalue weighted by Crippen LogP contribution is -2.40. The Morgan fingerprint density at radius 1 is 1.47 bits per heavy atom. The number of hydrogen-bond donors (Lipinski definition) is 2. The Balaban J connectivity index is 2.12. The molecule has 1 saturated heterocycles. The second kappa shape index (κ2) is 5.61. The Morgan fingerprint density at radius 3 is 2.63 bits per heavy atom. The molecular weight excluding hydrogens is 242 g/mol. The van der Waals surface area contributed by atoms with E-state index in [-0.39, 0.29) is 11.8 Å². The number of piperidine rings is 1. The average molecular weight is 265 g/mol. The van der Waals surface area contributed by atoms with Crippen molar-refractivity contribution in [1.29, 1.82) is 0 Å². The molecule has 6 heteroatoms. The Hall–Kier alpha value is -1.56. The number of carbonyl (C=O) groups excluding carboxylic acids is 1. The smallest absolute Gasteiger partial charge is 0.222 e. The first-order chi connectivity index (χ1) is 9.08. The number of rotatable bonds is 3. The van der Waals surface area contributed by atoms with Gasteiger partial charge in [-0.15, -0.1) is 0 Å². The van der Waals surface area contributed by atoms with Crippen LogP contribution >= 0.6 is 0 Å². The van der Waals surface area contributed by atoms with Crippen molar-refractivity contribution in [2.75, 3.05) is 25.0 Å². The second-order valence-corrected chi connectivity index (χ2v) is 5.09. The Bertz CT molecular complexity index is 460. The molecule has 0 aliphatic carbocycles. The zero-order valence-corrected chi connectivity index (χ0v) is 11.9. The van der Waals surface area contributed by atoms with Gasteiger partial charge in [-0.3, -0.25) is 9.48 Å². The minimum atomic E-state index is 0.136. The summed E-state index contributed by atoms with van der Waals surface area (Å²) in [5.41, 5.74) is 7.93. The highest BCUT2D eigenvalue weighted by Crippen LogP contribution is 2.27. The van der Waals surface area contributed by atoms with E-state index in [9.17, 15) is 4.79 Å². The number of anilines is 1. The van der Waals surface area contributed by atoms with Crippen molar-refractivity contribution < 1.29 is 4.79 Å². The van der Waals surface area contributed by atoms with Gasteiger partial charge in [-0.1, -0.05) is 0 Å². The lowest BCUT2D eigenvalue weighted by molar-refractivity contribution is -0.125. The number of amides is 1. The molecule has 0 saturated carbocycles. The molecule has 1 aliphatic rings. The number of nitrogens with zero attached hydrogens (tertiary/aromatic N) is 3. The van der Waals surface area contributed by atoms with Gasteiger partial charge in [0.1, 0.15) is 5.82 Å². The van der Waals surface area contributed by atoms with Crippen LogP contribution in [0.4, 0.5) is 5.82 Å². The van der Waals surface area contributed by atoms with Crippen molar-refractivity contribution in [1.82, 2.24) is 15.1 Å². The van der Waals surface area contributed by atoms with Gasteiger partial charge < -0.3 is 16.0 Å². The molecule has 6 nitrogen and oxygen atoms in total. The fourth-order valence-electron chi connectivity index (χ4n) is 2.88. The van der Waals surface area contributed by atoms with E-state index >= 15 is 0 Å². The fourth-order valence-corrected chi connectivity index (χ4v) is 2.88. The maximum Gasteiger partial charge on any atom is 0.222 e. The molecule has 0 bridgehead atoms. The van der Waals surface area contributed by atoms with E-state index < -0.39 is 0 Å². The number of hydrogen-bond acceptors (Lipinski definition) is 4. The number of aryl methyl sites for hydroxylation is 2. The average Bonchev–Trinajstić information content (AvgIpc) is 2.72. The van der Waals surface area contributed by atoms with E-state index in [1.807, 2.05) is 18.7 Å². The highest BCUT2D eigenvalue weighted by molar-refractivity contribution is 5.78. The topological polar surface area (TPSA) is 76.2 Å². The molecule has 106 valence electrons. The Kier molecular flexibility index (Phi) is 4.09. The summed E-state index contributed by atoms with van der Waals surface area (Å²) < 4.78 is 1.90. The van der Waals surface area contributed by atoms with Crippen LogP contribution in [0, 0.1) is 12.8 Å². The van der Waals surface area contributed by atoms with Crippen LogP contribution in [0.2, 0.25) is 0 Å². The zero-order valence-electron chi connectivity index (χ0n) is 11.9. The predicted molar refractivity (Wildman–Crippen MR) is 74.8 cm³/mol. The number of nitrogens with two attached hydrogens (primary N) is 1. The number of carbonyl (C=O) groups is 1. The van der Waals surface area contributed by atoms with E-state index in [1.165, 1.54) is 0 Å². The van der Waals surface area contributed by atoms with Crippen molar-refractivity contribution in [3.8, 4) is 0 Å². The van der Waals surface area contributed by atoms with Crippen molar-refractivity contribution >= 4 is 11.7 Å². The molecule has 0 radical (unpaired) electrons. The maximum atomic E-state index is 11.6. The van der Waals surface area contributed by atoms with Crippen LogP contribution in [0.15, 0.2) is 0 Å². The molecule has 2 heterocycles. The monoisotopic (exact) mass is 265 g/mol. The molecule has 0 atom stereocenters. The van der Waals surface area contributed by atoms with E-state index in [0.29, 0.717) is 6.54 Å². The first kappa shape index (κ1) is 13.9. The van der Waals surface area contributed by atoms with Gasteiger partial charge in [0.15, 0.2) is 0 Å². The largest absolute Gasteiger partial charge is 0.359 e.